The number of methoxy groups -OCH3 is 1. The summed E-state index contributed by atoms with van der Waals surface area (Å²) in [6.45, 7) is 2.56. The second kappa shape index (κ2) is 9.96. The van der Waals surface area contributed by atoms with E-state index in [-0.39, 0.29) is 29.1 Å². The van der Waals surface area contributed by atoms with Gasteiger partial charge in [-0.1, -0.05) is 17.7 Å². The van der Waals surface area contributed by atoms with Crippen LogP contribution < -0.4 is 15.8 Å². The fourth-order valence-corrected chi connectivity index (χ4v) is 4.00. The van der Waals surface area contributed by atoms with Gasteiger partial charge in [0.15, 0.2) is 0 Å². The number of benzene rings is 1. The highest BCUT2D eigenvalue weighted by Gasteiger charge is 2.22. The summed E-state index contributed by atoms with van der Waals surface area (Å²) >= 11 is 7.44. The Bertz CT molecular complexity index is 852. The van der Waals surface area contributed by atoms with Crippen LogP contribution in [0.25, 0.3) is 0 Å². The van der Waals surface area contributed by atoms with Crippen LogP contribution in [-0.2, 0) is 4.74 Å². The van der Waals surface area contributed by atoms with Crippen molar-refractivity contribution in [3.8, 4) is 5.75 Å². The van der Waals surface area contributed by atoms with E-state index in [0.29, 0.717) is 18.0 Å². The maximum atomic E-state index is 12.3. The Morgan fingerprint density at radius 1 is 1.34 bits per heavy atom. The average molecular weight is 438 g/mol. The van der Waals surface area contributed by atoms with Crippen molar-refractivity contribution in [1.29, 1.82) is 0 Å². The molecule has 29 heavy (non-hydrogen) atoms. The first kappa shape index (κ1) is 21.4. The van der Waals surface area contributed by atoms with Crippen molar-refractivity contribution in [2.45, 2.75) is 18.9 Å². The monoisotopic (exact) mass is 437 g/mol. The number of rotatable bonds is 7. The molecule has 7 nitrogen and oxygen atoms in total. The molecule has 0 aliphatic carbocycles. The lowest BCUT2D eigenvalue weighted by atomic mass is 10.1. The number of halogens is 1. The Balaban J connectivity index is 1.41. The number of carbonyl (C=O) groups excluding carboxylic acids is 2. The molecule has 1 fully saturated rings. The van der Waals surface area contributed by atoms with Gasteiger partial charge in [-0.15, -0.1) is 11.3 Å². The molecule has 2 aromatic rings. The predicted molar refractivity (Wildman–Crippen MR) is 114 cm³/mol. The third kappa shape index (κ3) is 5.62. The highest BCUT2D eigenvalue weighted by atomic mass is 35.5. The second-order valence-electron chi connectivity index (χ2n) is 6.78. The van der Waals surface area contributed by atoms with Crippen LogP contribution >= 0.6 is 22.9 Å². The molecule has 9 heteroatoms. The fourth-order valence-electron chi connectivity index (χ4n) is 3.21. The van der Waals surface area contributed by atoms with Crippen LogP contribution in [-0.4, -0.2) is 56.2 Å². The molecular weight excluding hydrogens is 414 g/mol. The molecule has 3 N–H and O–H groups in total. The summed E-state index contributed by atoms with van der Waals surface area (Å²) in [5.74, 6) is -0.176. The molecular formula is C20H24ClN3O4S. The summed E-state index contributed by atoms with van der Waals surface area (Å²) in [5, 5.41) is 5.26. The Kier molecular flexibility index (Phi) is 7.35. The average Bonchev–Trinajstić information content (AvgIpc) is 3.26. The highest BCUT2D eigenvalue weighted by molar-refractivity contribution is 7.12. The number of esters is 1. The van der Waals surface area contributed by atoms with Gasteiger partial charge in [0.25, 0.3) is 5.91 Å². The molecule has 1 aromatic heterocycles. The van der Waals surface area contributed by atoms with Crippen LogP contribution in [0.15, 0.2) is 29.6 Å². The van der Waals surface area contributed by atoms with Gasteiger partial charge in [0, 0.05) is 31.7 Å². The zero-order valence-electron chi connectivity index (χ0n) is 16.2. The van der Waals surface area contributed by atoms with E-state index >= 15 is 0 Å². The number of hydrogen-bond donors (Lipinski definition) is 2. The summed E-state index contributed by atoms with van der Waals surface area (Å²) < 4.78 is 10.6. The number of hydrogen-bond acceptors (Lipinski definition) is 7. The number of nitrogens with one attached hydrogen (secondary N) is 1. The van der Waals surface area contributed by atoms with Crippen LogP contribution in [0.4, 0.5) is 5.69 Å². The molecule has 1 amide bonds. The maximum absolute atomic E-state index is 12.3. The SMILES string of the molecule is COc1cc(N)c(Cl)cc1C(=O)OCCN1CCC(NC(=O)c2cccs2)CC1. The largest absolute Gasteiger partial charge is 0.496 e. The zero-order chi connectivity index (χ0) is 20.8. The van der Waals surface area contributed by atoms with Crippen LogP contribution in [0.5, 0.6) is 5.75 Å². The summed E-state index contributed by atoms with van der Waals surface area (Å²) in [4.78, 5) is 27.4. The molecule has 0 unspecified atom stereocenters. The van der Waals surface area contributed by atoms with Crippen molar-refractivity contribution < 1.29 is 19.1 Å². The van der Waals surface area contributed by atoms with Crippen molar-refractivity contribution in [2.75, 3.05) is 39.1 Å². The van der Waals surface area contributed by atoms with Gasteiger partial charge in [0.2, 0.25) is 0 Å². The quantitative estimate of drug-likeness (QED) is 0.510. The van der Waals surface area contributed by atoms with E-state index in [1.807, 2.05) is 17.5 Å². The minimum Gasteiger partial charge on any atom is -0.496 e. The lowest BCUT2D eigenvalue weighted by Gasteiger charge is -2.32. The number of amides is 1. The topological polar surface area (TPSA) is 93.9 Å². The van der Waals surface area contributed by atoms with E-state index in [4.69, 9.17) is 26.8 Å². The van der Waals surface area contributed by atoms with Gasteiger partial charge in [-0.3, -0.25) is 9.69 Å². The van der Waals surface area contributed by atoms with Gasteiger partial charge in [-0.2, -0.15) is 0 Å². The normalized spacial score (nSPS) is 15.1. The summed E-state index contributed by atoms with van der Waals surface area (Å²) in [6.07, 6.45) is 1.74. The van der Waals surface area contributed by atoms with Crippen molar-refractivity contribution in [2.24, 2.45) is 0 Å². The zero-order valence-corrected chi connectivity index (χ0v) is 17.7. The van der Waals surface area contributed by atoms with E-state index in [2.05, 4.69) is 10.2 Å². The molecule has 1 aliphatic heterocycles. The maximum Gasteiger partial charge on any atom is 0.342 e. The van der Waals surface area contributed by atoms with E-state index in [9.17, 15) is 9.59 Å². The van der Waals surface area contributed by atoms with E-state index in [0.717, 1.165) is 30.8 Å². The smallest absolute Gasteiger partial charge is 0.342 e. The van der Waals surface area contributed by atoms with Gasteiger partial charge in [0.05, 0.1) is 22.7 Å². The van der Waals surface area contributed by atoms with E-state index < -0.39 is 5.97 Å². The van der Waals surface area contributed by atoms with E-state index in [1.54, 1.807) is 0 Å². The van der Waals surface area contributed by atoms with Gasteiger partial charge >= 0.3 is 5.97 Å². The third-order valence-corrected chi connectivity index (χ3v) is 6.04. The molecule has 1 aromatic carbocycles. The minimum absolute atomic E-state index is 0.0107. The molecule has 0 radical (unpaired) electrons. The molecule has 1 saturated heterocycles. The second-order valence-corrected chi connectivity index (χ2v) is 8.13. The molecule has 0 atom stereocenters. The predicted octanol–water partition coefficient (Wildman–Crippen LogP) is 3.04. The number of anilines is 1. The number of ether oxygens (including phenoxy) is 2. The van der Waals surface area contributed by atoms with Gasteiger partial charge in [0.1, 0.15) is 17.9 Å². The molecule has 3 rings (SSSR count). The number of nitrogens with two attached hydrogens (primary N) is 1. The lowest BCUT2D eigenvalue weighted by molar-refractivity contribution is 0.0440. The summed E-state index contributed by atoms with van der Waals surface area (Å²) in [7, 11) is 1.46. The van der Waals surface area contributed by atoms with Crippen molar-refractivity contribution in [3.05, 3.63) is 45.1 Å². The molecule has 156 valence electrons. The van der Waals surface area contributed by atoms with Crippen molar-refractivity contribution in [1.82, 2.24) is 10.2 Å². The Labute approximate surface area is 178 Å². The van der Waals surface area contributed by atoms with Crippen LogP contribution in [0.1, 0.15) is 32.9 Å². The number of piperidine rings is 1. The van der Waals surface area contributed by atoms with Gasteiger partial charge < -0.3 is 20.5 Å². The van der Waals surface area contributed by atoms with E-state index in [1.165, 1.54) is 30.6 Å². The summed E-state index contributed by atoms with van der Waals surface area (Å²) in [6, 6.07) is 6.84. The molecule has 0 saturated carbocycles. The fraction of sp³-hybridized carbons (Fsp3) is 0.400. The summed E-state index contributed by atoms with van der Waals surface area (Å²) in [5.41, 5.74) is 6.33. The molecule has 2 heterocycles. The van der Waals surface area contributed by atoms with Crippen molar-refractivity contribution in [3.63, 3.8) is 0 Å². The first-order chi connectivity index (χ1) is 14.0. The van der Waals surface area contributed by atoms with Crippen LogP contribution in [0.3, 0.4) is 0 Å². The first-order valence-electron chi connectivity index (χ1n) is 9.34. The van der Waals surface area contributed by atoms with Gasteiger partial charge in [-0.25, -0.2) is 4.79 Å². The number of nitrogens with zero attached hydrogens (tertiary/aromatic N) is 1. The Hall–Kier alpha value is -2.29. The number of thiophene rings is 1. The molecule has 0 spiro atoms. The number of carbonyl (C=O) groups is 2. The highest BCUT2D eigenvalue weighted by Crippen LogP contribution is 2.29. The number of nitrogen functional groups attached to an aromatic ring is 1. The lowest BCUT2D eigenvalue weighted by Crippen LogP contribution is -2.45. The number of likely N-dealkylation sites (tertiary alicyclic amines) is 1. The third-order valence-electron chi connectivity index (χ3n) is 4.85. The molecule has 0 bridgehead atoms. The molecule has 1 aliphatic rings. The Morgan fingerprint density at radius 2 is 2.10 bits per heavy atom. The van der Waals surface area contributed by atoms with Crippen LogP contribution in [0, 0.1) is 0 Å². The minimum atomic E-state index is -0.498. The van der Waals surface area contributed by atoms with Crippen molar-refractivity contribution >= 4 is 40.5 Å². The Morgan fingerprint density at radius 3 is 2.76 bits per heavy atom. The van der Waals surface area contributed by atoms with Gasteiger partial charge in [-0.05, 0) is 30.4 Å². The van der Waals surface area contributed by atoms with Crippen LogP contribution in [0.2, 0.25) is 5.02 Å². The first-order valence-corrected chi connectivity index (χ1v) is 10.6. The standard InChI is InChI=1S/C20H24ClN3O4S/c1-27-17-12-16(22)15(21)11-14(17)20(26)28-9-8-24-6-4-13(5-7-24)23-19(25)18-3-2-10-29-18/h2-3,10-13H,4-9,22H2,1H3,(H,23,25).